The Morgan fingerprint density at radius 2 is 2.35 bits per heavy atom. The van der Waals surface area contributed by atoms with Gasteiger partial charge in [0.2, 0.25) is 0 Å². The summed E-state index contributed by atoms with van der Waals surface area (Å²) in [6, 6.07) is 1.78. The van der Waals surface area contributed by atoms with Gasteiger partial charge in [-0.1, -0.05) is 0 Å². The Hall–Kier alpha value is -1.53. The van der Waals surface area contributed by atoms with E-state index < -0.39 is 6.10 Å². The molecule has 0 aliphatic carbocycles. The molecule has 2 heterocycles. The number of ether oxygens (including phenoxy) is 2. The van der Waals surface area contributed by atoms with Crippen LogP contribution in [0.25, 0.3) is 0 Å². The number of rotatable bonds is 3. The zero-order valence-electron chi connectivity index (χ0n) is 9.70. The number of aromatic nitrogens is 2. The van der Waals surface area contributed by atoms with Crippen molar-refractivity contribution in [1.82, 2.24) is 14.9 Å². The highest BCUT2D eigenvalue weighted by Gasteiger charge is 2.27. The molecule has 1 aliphatic heterocycles. The lowest BCUT2D eigenvalue weighted by molar-refractivity contribution is -0.160. The summed E-state index contributed by atoms with van der Waals surface area (Å²) in [5.74, 6) is 0.418. The van der Waals surface area contributed by atoms with Gasteiger partial charge in [-0.25, -0.2) is 14.8 Å². The molecule has 6 heteroatoms. The van der Waals surface area contributed by atoms with E-state index in [9.17, 15) is 4.79 Å². The van der Waals surface area contributed by atoms with E-state index in [2.05, 4.69) is 19.6 Å². The number of hydrogen-bond donors (Lipinski definition) is 0. The molecule has 0 spiro atoms. The van der Waals surface area contributed by atoms with Crippen molar-refractivity contribution >= 4 is 5.97 Å². The van der Waals surface area contributed by atoms with Crippen LogP contribution in [0.1, 0.15) is 5.82 Å². The summed E-state index contributed by atoms with van der Waals surface area (Å²) in [6.45, 7) is 2.43. The standard InChI is InChI=1S/C11H15N3O3/c1-16-11(15)9-7-14(5-6-17-9)8-10-12-3-2-4-13-10/h2-4,9H,5-8H2,1H3. The minimum atomic E-state index is -0.502. The molecule has 1 aromatic rings. The van der Waals surface area contributed by atoms with Gasteiger partial charge >= 0.3 is 5.97 Å². The fourth-order valence-corrected chi connectivity index (χ4v) is 1.73. The van der Waals surface area contributed by atoms with Gasteiger partial charge in [-0.05, 0) is 6.07 Å². The zero-order valence-corrected chi connectivity index (χ0v) is 9.70. The maximum atomic E-state index is 11.4. The summed E-state index contributed by atoms with van der Waals surface area (Å²) in [4.78, 5) is 21.7. The van der Waals surface area contributed by atoms with Gasteiger partial charge in [0, 0.05) is 25.5 Å². The third-order valence-electron chi connectivity index (χ3n) is 2.60. The van der Waals surface area contributed by atoms with Gasteiger partial charge in [-0.15, -0.1) is 0 Å². The molecule has 1 unspecified atom stereocenters. The van der Waals surface area contributed by atoms with E-state index in [1.807, 2.05) is 0 Å². The van der Waals surface area contributed by atoms with Crippen molar-refractivity contribution in [2.24, 2.45) is 0 Å². The quantitative estimate of drug-likeness (QED) is 0.681. The monoisotopic (exact) mass is 237 g/mol. The predicted molar refractivity (Wildman–Crippen MR) is 59.1 cm³/mol. The molecule has 17 heavy (non-hydrogen) atoms. The van der Waals surface area contributed by atoms with Gasteiger partial charge in [0.1, 0.15) is 5.82 Å². The van der Waals surface area contributed by atoms with E-state index in [1.54, 1.807) is 18.5 Å². The number of methoxy groups -OCH3 is 1. The average molecular weight is 237 g/mol. The molecule has 1 aromatic heterocycles. The van der Waals surface area contributed by atoms with Crippen molar-refractivity contribution in [3.8, 4) is 0 Å². The second kappa shape index (κ2) is 5.70. The van der Waals surface area contributed by atoms with Crippen LogP contribution in [-0.4, -0.2) is 53.7 Å². The molecule has 1 atom stereocenters. The van der Waals surface area contributed by atoms with E-state index in [4.69, 9.17) is 4.74 Å². The van der Waals surface area contributed by atoms with Crippen LogP contribution in [0.15, 0.2) is 18.5 Å². The Labute approximate surface area is 99.6 Å². The van der Waals surface area contributed by atoms with Gasteiger partial charge < -0.3 is 9.47 Å². The summed E-state index contributed by atoms with van der Waals surface area (Å²) in [7, 11) is 1.37. The normalized spacial score (nSPS) is 21.1. The Morgan fingerprint density at radius 1 is 1.59 bits per heavy atom. The molecule has 0 saturated carbocycles. The number of hydrogen-bond acceptors (Lipinski definition) is 6. The number of carbonyl (C=O) groups excluding carboxylic acids is 1. The van der Waals surface area contributed by atoms with E-state index in [-0.39, 0.29) is 5.97 Å². The van der Waals surface area contributed by atoms with Crippen molar-refractivity contribution in [2.45, 2.75) is 12.6 Å². The SMILES string of the molecule is COC(=O)C1CN(Cc2ncccn2)CCO1. The van der Waals surface area contributed by atoms with E-state index in [0.717, 1.165) is 12.4 Å². The molecule has 0 aromatic carbocycles. The average Bonchev–Trinajstić information content (AvgIpc) is 2.39. The summed E-state index contributed by atoms with van der Waals surface area (Å²) in [5.41, 5.74) is 0. The first-order valence-corrected chi connectivity index (χ1v) is 5.47. The molecule has 1 aliphatic rings. The third kappa shape index (κ3) is 3.21. The number of esters is 1. The number of carbonyl (C=O) groups is 1. The van der Waals surface area contributed by atoms with Crippen molar-refractivity contribution in [3.05, 3.63) is 24.3 Å². The topological polar surface area (TPSA) is 64.5 Å². The van der Waals surface area contributed by atoms with Crippen LogP contribution in [0.2, 0.25) is 0 Å². The predicted octanol–water partition coefficient (Wildman–Crippen LogP) is -0.150. The summed E-state index contributed by atoms with van der Waals surface area (Å²) in [5, 5.41) is 0. The lowest BCUT2D eigenvalue weighted by Gasteiger charge is -2.30. The molecule has 1 fully saturated rings. The number of morpholine rings is 1. The Kier molecular flexibility index (Phi) is 4.00. The van der Waals surface area contributed by atoms with Crippen molar-refractivity contribution in [2.75, 3.05) is 26.8 Å². The van der Waals surface area contributed by atoms with Gasteiger partial charge in [-0.3, -0.25) is 4.90 Å². The van der Waals surface area contributed by atoms with Gasteiger partial charge in [0.25, 0.3) is 0 Å². The van der Waals surface area contributed by atoms with Crippen LogP contribution < -0.4 is 0 Å². The third-order valence-corrected chi connectivity index (χ3v) is 2.60. The maximum absolute atomic E-state index is 11.4. The zero-order chi connectivity index (χ0) is 12.1. The van der Waals surface area contributed by atoms with Crippen LogP contribution >= 0.6 is 0 Å². The highest BCUT2D eigenvalue weighted by molar-refractivity contribution is 5.74. The fraction of sp³-hybridized carbons (Fsp3) is 0.545. The maximum Gasteiger partial charge on any atom is 0.336 e. The minimum absolute atomic E-state index is 0.330. The van der Waals surface area contributed by atoms with E-state index in [1.165, 1.54) is 7.11 Å². The lowest BCUT2D eigenvalue weighted by Crippen LogP contribution is -2.46. The Balaban J connectivity index is 1.92. The van der Waals surface area contributed by atoms with E-state index in [0.29, 0.717) is 19.7 Å². The van der Waals surface area contributed by atoms with Crippen molar-refractivity contribution in [1.29, 1.82) is 0 Å². The van der Waals surface area contributed by atoms with Crippen molar-refractivity contribution < 1.29 is 14.3 Å². The first-order chi connectivity index (χ1) is 8.29. The highest BCUT2D eigenvalue weighted by Crippen LogP contribution is 2.08. The van der Waals surface area contributed by atoms with Gasteiger partial charge in [-0.2, -0.15) is 0 Å². The molecule has 6 nitrogen and oxygen atoms in total. The molecule has 1 saturated heterocycles. The van der Waals surface area contributed by atoms with E-state index >= 15 is 0 Å². The molecule has 0 radical (unpaired) electrons. The van der Waals surface area contributed by atoms with Crippen LogP contribution in [0.3, 0.4) is 0 Å². The Morgan fingerprint density at radius 3 is 3.06 bits per heavy atom. The van der Waals surface area contributed by atoms with Crippen LogP contribution in [0.5, 0.6) is 0 Å². The second-order valence-electron chi connectivity index (χ2n) is 3.78. The first-order valence-electron chi connectivity index (χ1n) is 5.47. The largest absolute Gasteiger partial charge is 0.467 e. The molecular formula is C11H15N3O3. The number of nitrogens with zero attached hydrogens (tertiary/aromatic N) is 3. The van der Waals surface area contributed by atoms with Crippen molar-refractivity contribution in [3.63, 3.8) is 0 Å². The van der Waals surface area contributed by atoms with Crippen LogP contribution in [0.4, 0.5) is 0 Å². The van der Waals surface area contributed by atoms with Crippen LogP contribution in [-0.2, 0) is 20.8 Å². The molecular weight excluding hydrogens is 222 g/mol. The first kappa shape index (κ1) is 11.9. The summed E-state index contributed by atoms with van der Waals surface area (Å²) < 4.78 is 10.0. The minimum Gasteiger partial charge on any atom is -0.467 e. The Bertz CT molecular complexity index is 371. The molecule has 0 N–H and O–H groups in total. The fourth-order valence-electron chi connectivity index (χ4n) is 1.73. The highest BCUT2D eigenvalue weighted by atomic mass is 16.6. The van der Waals surface area contributed by atoms with Gasteiger partial charge in [0.05, 0.1) is 20.3 Å². The lowest BCUT2D eigenvalue weighted by atomic mass is 10.2. The van der Waals surface area contributed by atoms with Crippen LogP contribution in [0, 0.1) is 0 Å². The molecule has 2 rings (SSSR count). The summed E-state index contributed by atoms with van der Waals surface area (Å²) >= 11 is 0. The smallest absolute Gasteiger partial charge is 0.336 e. The second-order valence-corrected chi connectivity index (χ2v) is 3.78. The summed E-state index contributed by atoms with van der Waals surface area (Å²) in [6.07, 6.45) is 2.92. The molecule has 0 amide bonds. The van der Waals surface area contributed by atoms with Gasteiger partial charge in [0.15, 0.2) is 6.10 Å². The molecule has 92 valence electrons. The molecule has 0 bridgehead atoms.